The molecule has 0 atom stereocenters. The Balaban J connectivity index is 1.12. The molecule has 0 unspecified atom stereocenters. The van der Waals surface area contributed by atoms with E-state index in [0.717, 1.165) is 56.6 Å². The minimum absolute atomic E-state index is 0.143. The number of unbranched alkanes of at least 4 members (excludes halogenated alkanes) is 2. The third kappa shape index (κ3) is 5.98. The lowest BCUT2D eigenvalue weighted by Crippen LogP contribution is -2.57. The van der Waals surface area contributed by atoms with E-state index in [1.807, 2.05) is 6.07 Å². The van der Waals surface area contributed by atoms with Crippen molar-refractivity contribution in [2.75, 3.05) is 26.7 Å². The van der Waals surface area contributed by atoms with Crippen molar-refractivity contribution >= 4 is 40.3 Å². The summed E-state index contributed by atoms with van der Waals surface area (Å²) in [6.45, 7) is 3.77. The van der Waals surface area contributed by atoms with Gasteiger partial charge in [-0.15, -0.1) is 0 Å². The summed E-state index contributed by atoms with van der Waals surface area (Å²) in [4.78, 5) is 19.6. The Morgan fingerprint density at radius 2 is 1.72 bits per heavy atom. The Kier molecular flexibility index (Phi) is 8.76. The first kappa shape index (κ1) is 29.6. The summed E-state index contributed by atoms with van der Waals surface area (Å²) in [5.74, 6) is 4.03. The molecule has 6 fully saturated rings. The highest BCUT2D eigenvalue weighted by atomic mass is 32.2. The number of thiocarbonyl (C=S) groups is 1. The summed E-state index contributed by atoms with van der Waals surface area (Å²) >= 11 is 7.47. The fourth-order valence-electron chi connectivity index (χ4n) is 9.32. The van der Waals surface area contributed by atoms with Crippen molar-refractivity contribution in [1.29, 1.82) is 0 Å². The summed E-state index contributed by atoms with van der Waals surface area (Å²) in [6.07, 6.45) is 17.5. The van der Waals surface area contributed by atoms with Crippen LogP contribution in [0, 0.1) is 23.7 Å². The van der Waals surface area contributed by atoms with E-state index < -0.39 is 0 Å². The molecule has 1 aromatic heterocycles. The molecule has 0 radical (unpaired) electrons. The van der Waals surface area contributed by atoms with Crippen LogP contribution in [-0.2, 0) is 18.3 Å². The number of ether oxygens (including phenoxy) is 1. The summed E-state index contributed by atoms with van der Waals surface area (Å²) in [7, 11) is 3.86. The molecule has 6 aliphatic rings. The largest absolute Gasteiger partial charge is 0.497 e. The molecule has 5 nitrogen and oxygen atoms in total. The van der Waals surface area contributed by atoms with Gasteiger partial charge in [0.25, 0.3) is 5.91 Å². The van der Waals surface area contributed by atoms with Crippen LogP contribution in [0.15, 0.2) is 35.2 Å². The van der Waals surface area contributed by atoms with E-state index in [0.29, 0.717) is 17.9 Å². The molecule has 1 amide bonds. The number of carbonyl (C=O) groups excluding carboxylic acids is 1. The van der Waals surface area contributed by atoms with Crippen molar-refractivity contribution in [3.05, 3.63) is 46.5 Å². The van der Waals surface area contributed by atoms with Crippen LogP contribution in [0.25, 0.3) is 17.3 Å². The maximum Gasteiger partial charge on any atom is 0.266 e. The highest BCUT2D eigenvalue weighted by Crippen LogP contribution is 2.56. The number of thioether (sulfide) groups is 1. The molecule has 4 bridgehead atoms. The van der Waals surface area contributed by atoms with E-state index in [9.17, 15) is 4.79 Å². The Bertz CT molecular complexity index is 1360. The molecule has 1 aromatic carbocycles. The third-order valence-corrected chi connectivity index (χ3v) is 12.5. The molecule has 4 aliphatic carbocycles. The molecule has 2 aliphatic heterocycles. The molecule has 2 saturated heterocycles. The van der Waals surface area contributed by atoms with Crippen molar-refractivity contribution in [1.82, 2.24) is 14.4 Å². The van der Waals surface area contributed by atoms with E-state index >= 15 is 0 Å². The molecule has 8 rings (SSSR count). The van der Waals surface area contributed by atoms with Crippen molar-refractivity contribution in [3.8, 4) is 17.0 Å². The first-order valence-corrected chi connectivity index (χ1v) is 18.0. The molecule has 0 spiro atoms. The Morgan fingerprint density at radius 1 is 0.977 bits per heavy atom. The molecule has 0 N–H and O–H groups in total. The number of benzene rings is 1. The molecule has 2 aromatic rings. The van der Waals surface area contributed by atoms with Gasteiger partial charge in [0.15, 0.2) is 0 Å². The molecule has 4 saturated carbocycles. The normalized spacial score (nSPS) is 29.8. The van der Waals surface area contributed by atoms with Gasteiger partial charge >= 0.3 is 0 Å². The minimum Gasteiger partial charge on any atom is -0.497 e. The monoisotopic (exact) mass is 617 g/mol. The second kappa shape index (κ2) is 12.7. The summed E-state index contributed by atoms with van der Waals surface area (Å²) in [5.41, 5.74) is 4.75. The van der Waals surface area contributed by atoms with Crippen LogP contribution in [0.1, 0.15) is 81.9 Å². The molecular weight excluding hydrogens is 571 g/mol. The highest BCUT2D eigenvalue weighted by molar-refractivity contribution is 8.26. The van der Waals surface area contributed by atoms with E-state index in [1.54, 1.807) is 7.11 Å². The lowest BCUT2D eigenvalue weighted by atomic mass is 9.54. The van der Waals surface area contributed by atoms with Crippen molar-refractivity contribution < 1.29 is 9.53 Å². The number of carbonyl (C=O) groups is 1. The van der Waals surface area contributed by atoms with E-state index in [2.05, 4.69) is 51.8 Å². The van der Waals surface area contributed by atoms with Gasteiger partial charge < -0.3 is 14.2 Å². The SMILES string of the molecule is COc1cccc(-c2cc(CCCCCN3CCCCC3)c(/C=C3\SC(=S)N(C4C5CC6CC(C5)CC4C6)C3=O)n2C)c1. The van der Waals surface area contributed by atoms with Gasteiger partial charge in [0.1, 0.15) is 10.1 Å². The fraction of sp³-hybridized carbons (Fsp3) is 0.611. The number of methoxy groups -OCH3 is 1. The zero-order valence-corrected chi connectivity index (χ0v) is 27.6. The van der Waals surface area contributed by atoms with Crippen molar-refractivity contribution in [2.24, 2.45) is 30.7 Å². The lowest BCUT2D eigenvalue weighted by Gasteiger charge is -2.56. The van der Waals surface area contributed by atoms with Crippen LogP contribution >= 0.6 is 24.0 Å². The van der Waals surface area contributed by atoms with Crippen LogP contribution in [0.3, 0.4) is 0 Å². The smallest absolute Gasteiger partial charge is 0.266 e. The summed E-state index contributed by atoms with van der Waals surface area (Å²) in [6, 6.07) is 10.9. The first-order valence-electron chi connectivity index (χ1n) is 16.8. The highest BCUT2D eigenvalue weighted by Gasteiger charge is 2.53. The molecule has 43 heavy (non-hydrogen) atoms. The van der Waals surface area contributed by atoms with Gasteiger partial charge in [0, 0.05) is 30.0 Å². The van der Waals surface area contributed by atoms with Crippen molar-refractivity contribution in [3.63, 3.8) is 0 Å². The van der Waals surface area contributed by atoms with Gasteiger partial charge in [0.2, 0.25) is 0 Å². The maximum atomic E-state index is 14.1. The van der Waals surface area contributed by atoms with Crippen LogP contribution < -0.4 is 4.74 Å². The summed E-state index contributed by atoms with van der Waals surface area (Å²) in [5, 5.41) is 0. The Hall–Kier alpha value is -2.09. The third-order valence-electron chi connectivity index (χ3n) is 11.2. The number of nitrogens with zero attached hydrogens (tertiary/aromatic N) is 3. The van der Waals surface area contributed by atoms with Crippen LogP contribution in [0.4, 0.5) is 0 Å². The molecule has 7 heteroatoms. The molecule has 3 heterocycles. The second-order valence-electron chi connectivity index (χ2n) is 13.9. The van der Waals surface area contributed by atoms with Gasteiger partial charge in [-0.25, -0.2) is 0 Å². The second-order valence-corrected chi connectivity index (χ2v) is 15.6. The average Bonchev–Trinajstić information content (AvgIpc) is 3.47. The number of piperidine rings is 1. The first-order chi connectivity index (χ1) is 21.0. The van der Waals surface area contributed by atoms with Crippen LogP contribution in [0.5, 0.6) is 5.75 Å². The van der Waals surface area contributed by atoms with E-state index in [1.165, 1.54) is 101 Å². The lowest BCUT2D eigenvalue weighted by molar-refractivity contribution is -0.130. The zero-order chi connectivity index (χ0) is 29.5. The predicted molar refractivity (Wildman–Crippen MR) is 181 cm³/mol. The molecular formula is C36H47N3O2S2. The van der Waals surface area contributed by atoms with Gasteiger partial charge in [0.05, 0.1) is 12.0 Å². The van der Waals surface area contributed by atoms with Crippen LogP contribution in [0.2, 0.25) is 0 Å². The quantitative estimate of drug-likeness (QED) is 0.154. The number of likely N-dealkylation sites (tertiary alicyclic amines) is 1. The predicted octanol–water partition coefficient (Wildman–Crippen LogP) is 7.93. The van der Waals surface area contributed by atoms with Crippen LogP contribution in [-0.4, -0.2) is 57.4 Å². The number of hydrogen-bond donors (Lipinski definition) is 0. The molecule has 230 valence electrons. The standard InChI is InChI=1S/C36H47N3O2S2/c1-37-31(26-11-9-12-30(21-26)41-2)22-27(10-5-3-6-13-38-14-7-4-8-15-38)32(37)23-33-35(40)39(36(42)43-33)34-28-17-24-16-25(19-28)20-29(34)18-24/h9,11-12,21-25,28-29,34H,3-8,10,13-20H2,1-2H3/b33-23-. The van der Waals surface area contributed by atoms with Gasteiger partial charge in [-0.2, -0.15) is 0 Å². The van der Waals surface area contributed by atoms with Gasteiger partial charge in [-0.1, -0.05) is 49.0 Å². The van der Waals surface area contributed by atoms with Gasteiger partial charge in [-0.05, 0) is 137 Å². The van der Waals surface area contributed by atoms with E-state index in [-0.39, 0.29) is 5.91 Å². The Labute approximate surface area is 267 Å². The Morgan fingerprint density at radius 3 is 2.44 bits per heavy atom. The average molecular weight is 618 g/mol. The number of amides is 1. The van der Waals surface area contributed by atoms with Gasteiger partial charge in [-0.3, -0.25) is 9.69 Å². The number of rotatable bonds is 10. The number of aryl methyl sites for hydroxylation is 1. The zero-order valence-electron chi connectivity index (χ0n) is 25.9. The maximum absolute atomic E-state index is 14.1. The minimum atomic E-state index is 0.143. The van der Waals surface area contributed by atoms with E-state index in [4.69, 9.17) is 17.0 Å². The number of hydrogen-bond acceptors (Lipinski definition) is 5. The summed E-state index contributed by atoms with van der Waals surface area (Å²) < 4.78 is 8.59. The fourth-order valence-corrected chi connectivity index (χ4v) is 10.6. The van der Waals surface area contributed by atoms with Crippen molar-refractivity contribution in [2.45, 2.75) is 83.1 Å². The topological polar surface area (TPSA) is 37.7 Å². The number of aromatic nitrogens is 1.